The highest BCUT2D eigenvalue weighted by Gasteiger charge is 2.18. The Labute approximate surface area is 518 Å². The van der Waals surface area contributed by atoms with Crippen molar-refractivity contribution in [1.82, 2.24) is 0 Å². The molecular formula is C79H130O5. The number of unbranched alkanes of at least 4 members (excludes halogenated alkanes) is 45. The highest BCUT2D eigenvalue weighted by Crippen LogP contribution is 2.40. The number of benzene rings is 4. The van der Waals surface area contributed by atoms with Crippen molar-refractivity contribution in [3.05, 3.63) is 95.1 Å². The van der Waals surface area contributed by atoms with Crippen LogP contribution >= 0.6 is 0 Å². The maximum absolute atomic E-state index is 11.2. The van der Waals surface area contributed by atoms with E-state index in [4.69, 9.17) is 18.9 Å². The van der Waals surface area contributed by atoms with E-state index in [2.05, 4.69) is 76.2 Å². The van der Waals surface area contributed by atoms with Crippen LogP contribution < -0.4 is 18.9 Å². The van der Waals surface area contributed by atoms with Crippen molar-refractivity contribution in [2.45, 2.75) is 349 Å². The van der Waals surface area contributed by atoms with Crippen LogP contribution in [0.1, 0.15) is 357 Å². The van der Waals surface area contributed by atoms with E-state index in [0.717, 1.165) is 69.7 Å². The molecule has 0 amide bonds. The van der Waals surface area contributed by atoms with Crippen molar-refractivity contribution >= 4 is 10.8 Å². The average molecular weight is 1160 g/mol. The summed E-state index contributed by atoms with van der Waals surface area (Å²) in [5.74, 6) is 3.15. The molecule has 0 saturated heterocycles. The number of rotatable bonds is 59. The lowest BCUT2D eigenvalue weighted by molar-refractivity contribution is 0.220. The molecule has 5 heteroatoms. The number of fused-ring (bicyclic) bond motifs is 1. The molecule has 0 aliphatic carbocycles. The lowest BCUT2D eigenvalue weighted by Gasteiger charge is -2.19. The monoisotopic (exact) mass is 1160 g/mol. The molecule has 0 aromatic heterocycles. The molecule has 0 bridgehead atoms. The predicted molar refractivity (Wildman–Crippen MR) is 365 cm³/mol. The molecule has 5 nitrogen and oxygen atoms in total. The Bertz CT molecular complexity index is 2050. The van der Waals surface area contributed by atoms with Gasteiger partial charge in [-0.05, 0) is 84.0 Å². The normalized spacial score (nSPS) is 11.9. The summed E-state index contributed by atoms with van der Waals surface area (Å²) in [5, 5.41) is 13.4. The standard InChI is InChI=1S/C79H130O5/c1-5-8-11-14-17-20-23-26-29-32-35-38-41-44-47-50-61-81-76-64-70(68-84-75-60-59-72-66-74(58-57-73(72)67-75)78(80)71-55-53-69(4)54-56-71)65-77(82-62-51-48-45-42-39-36-33-30-27-24-21-18-15-12-9-6-2)79(76)83-63-52-49-46-43-40-37-34-31-28-25-22-19-16-13-10-7-3/h53-60,64-67,78,80H,5-52,61-63,68H2,1-4H3. The van der Waals surface area contributed by atoms with Crippen molar-refractivity contribution in [3.8, 4) is 23.0 Å². The smallest absolute Gasteiger partial charge is 0.203 e. The van der Waals surface area contributed by atoms with Gasteiger partial charge in [-0.15, -0.1) is 0 Å². The Morgan fingerprint density at radius 1 is 0.298 bits per heavy atom. The second-order valence-corrected chi connectivity index (χ2v) is 25.7. The van der Waals surface area contributed by atoms with Crippen LogP contribution in [-0.4, -0.2) is 24.9 Å². The third kappa shape index (κ3) is 35.8. The molecule has 4 rings (SSSR count). The van der Waals surface area contributed by atoms with Gasteiger partial charge in [-0.2, -0.15) is 0 Å². The molecule has 4 aromatic rings. The van der Waals surface area contributed by atoms with E-state index in [0.29, 0.717) is 26.4 Å². The summed E-state index contributed by atoms with van der Waals surface area (Å²) in [4.78, 5) is 0. The topological polar surface area (TPSA) is 57.2 Å². The van der Waals surface area contributed by atoms with Gasteiger partial charge in [0.1, 0.15) is 18.5 Å². The number of ether oxygens (including phenoxy) is 4. The maximum Gasteiger partial charge on any atom is 0.203 e. The molecule has 0 aliphatic heterocycles. The van der Waals surface area contributed by atoms with Crippen molar-refractivity contribution in [3.63, 3.8) is 0 Å². The zero-order valence-corrected chi connectivity index (χ0v) is 55.4. The summed E-state index contributed by atoms with van der Waals surface area (Å²) < 4.78 is 26.9. The molecule has 0 radical (unpaired) electrons. The second-order valence-electron chi connectivity index (χ2n) is 25.7. The van der Waals surface area contributed by atoms with Gasteiger partial charge in [-0.1, -0.05) is 358 Å². The van der Waals surface area contributed by atoms with Gasteiger partial charge in [-0.25, -0.2) is 0 Å². The van der Waals surface area contributed by atoms with E-state index in [1.54, 1.807) is 0 Å². The first-order valence-corrected chi connectivity index (χ1v) is 36.5. The van der Waals surface area contributed by atoms with E-state index in [9.17, 15) is 5.11 Å². The van der Waals surface area contributed by atoms with Crippen LogP contribution in [-0.2, 0) is 6.61 Å². The van der Waals surface area contributed by atoms with Crippen molar-refractivity contribution in [2.24, 2.45) is 0 Å². The first-order valence-electron chi connectivity index (χ1n) is 36.5. The van der Waals surface area contributed by atoms with Crippen molar-refractivity contribution in [1.29, 1.82) is 0 Å². The van der Waals surface area contributed by atoms with Gasteiger partial charge in [0.2, 0.25) is 5.75 Å². The largest absolute Gasteiger partial charge is 0.490 e. The Hall–Kier alpha value is -3.70. The SMILES string of the molecule is CCCCCCCCCCCCCCCCCCOc1cc(COc2ccc3cc(C(O)c4ccc(C)cc4)ccc3c2)cc(OCCCCCCCCCCCCCCCCCC)c1OCCCCCCCCCCCCCCCCCC. The van der Waals surface area contributed by atoms with Crippen molar-refractivity contribution < 1.29 is 24.1 Å². The molecule has 476 valence electrons. The van der Waals surface area contributed by atoms with E-state index in [-0.39, 0.29) is 0 Å². The molecule has 84 heavy (non-hydrogen) atoms. The number of aryl methyl sites for hydroxylation is 1. The molecule has 1 unspecified atom stereocenters. The average Bonchev–Trinajstić information content (AvgIpc) is 3.66. The molecule has 0 aliphatic rings. The van der Waals surface area contributed by atoms with Gasteiger partial charge < -0.3 is 24.1 Å². The Kier molecular flexibility index (Phi) is 44.5. The van der Waals surface area contributed by atoms with Gasteiger partial charge in [0.15, 0.2) is 11.5 Å². The van der Waals surface area contributed by atoms with Gasteiger partial charge in [0.05, 0.1) is 19.8 Å². The minimum atomic E-state index is -0.673. The van der Waals surface area contributed by atoms with Crippen LogP contribution in [0.25, 0.3) is 10.8 Å². The van der Waals surface area contributed by atoms with Crippen LogP contribution in [0.15, 0.2) is 72.8 Å². The molecule has 0 heterocycles. The Morgan fingerprint density at radius 3 is 0.952 bits per heavy atom. The fraction of sp³-hybridized carbons (Fsp3) is 0.722. The summed E-state index contributed by atoms with van der Waals surface area (Å²) in [6.45, 7) is 11.4. The molecule has 1 N–H and O–H groups in total. The zero-order valence-electron chi connectivity index (χ0n) is 55.4. The van der Waals surface area contributed by atoms with Crippen LogP contribution in [0.5, 0.6) is 23.0 Å². The maximum atomic E-state index is 11.2. The summed E-state index contributed by atoms with van der Waals surface area (Å²) in [5.41, 5.74) is 3.99. The fourth-order valence-electron chi connectivity index (χ4n) is 12.2. The second kappa shape index (κ2) is 51.4. The molecule has 4 aromatic carbocycles. The molecule has 0 spiro atoms. The van der Waals surface area contributed by atoms with E-state index < -0.39 is 6.10 Å². The lowest BCUT2D eigenvalue weighted by Crippen LogP contribution is -2.08. The minimum absolute atomic E-state index is 0.389. The lowest BCUT2D eigenvalue weighted by atomic mass is 9.98. The number of aliphatic hydroxyl groups is 1. The van der Waals surface area contributed by atoms with E-state index in [1.807, 2.05) is 24.3 Å². The first-order chi connectivity index (χ1) is 41.5. The van der Waals surface area contributed by atoms with Crippen LogP contribution in [0, 0.1) is 6.92 Å². The molecule has 1 atom stereocenters. The summed E-state index contributed by atoms with van der Waals surface area (Å²) >= 11 is 0. The highest BCUT2D eigenvalue weighted by molar-refractivity contribution is 5.84. The van der Waals surface area contributed by atoms with Crippen LogP contribution in [0.2, 0.25) is 0 Å². The van der Waals surface area contributed by atoms with E-state index >= 15 is 0 Å². The molecular weight excluding hydrogens is 1030 g/mol. The third-order valence-electron chi connectivity index (χ3n) is 17.8. The van der Waals surface area contributed by atoms with Gasteiger partial charge in [-0.3, -0.25) is 0 Å². The minimum Gasteiger partial charge on any atom is -0.490 e. The van der Waals surface area contributed by atoms with Gasteiger partial charge >= 0.3 is 0 Å². The quantitative estimate of drug-likeness (QED) is 0.0447. The molecule has 0 saturated carbocycles. The summed E-state index contributed by atoms with van der Waals surface area (Å²) in [6, 6.07) is 24.9. The Morgan fingerprint density at radius 2 is 0.595 bits per heavy atom. The highest BCUT2D eigenvalue weighted by atomic mass is 16.5. The van der Waals surface area contributed by atoms with Gasteiger partial charge in [0.25, 0.3) is 0 Å². The van der Waals surface area contributed by atoms with Crippen LogP contribution in [0.4, 0.5) is 0 Å². The van der Waals surface area contributed by atoms with Gasteiger partial charge in [0, 0.05) is 0 Å². The predicted octanol–water partition coefficient (Wildman–Crippen LogP) is 25.7. The summed E-state index contributed by atoms with van der Waals surface area (Å²) in [6.07, 6.45) is 64.3. The fourth-order valence-corrected chi connectivity index (χ4v) is 12.2. The van der Waals surface area contributed by atoms with E-state index in [1.165, 1.54) is 295 Å². The number of aliphatic hydroxyl groups excluding tert-OH is 1. The first kappa shape index (κ1) is 72.8. The number of hydrogen-bond donors (Lipinski definition) is 1. The van der Waals surface area contributed by atoms with Crippen molar-refractivity contribution in [2.75, 3.05) is 19.8 Å². The Balaban J connectivity index is 1.32. The van der Waals surface area contributed by atoms with Crippen LogP contribution in [0.3, 0.4) is 0 Å². The summed E-state index contributed by atoms with van der Waals surface area (Å²) in [7, 11) is 0. The zero-order chi connectivity index (χ0) is 59.4. The molecule has 0 fully saturated rings. The third-order valence-corrected chi connectivity index (χ3v) is 17.8. The number of hydrogen-bond acceptors (Lipinski definition) is 5.